The summed E-state index contributed by atoms with van der Waals surface area (Å²) in [7, 11) is 0. The number of rotatable bonds is 6. The quantitative estimate of drug-likeness (QED) is 0.839. The molecular formula is C15H22N4S. The van der Waals surface area contributed by atoms with E-state index >= 15 is 0 Å². The molecule has 0 spiro atoms. The molecular weight excluding hydrogens is 268 g/mol. The second kappa shape index (κ2) is 6.70. The van der Waals surface area contributed by atoms with E-state index in [1.54, 1.807) is 11.3 Å². The standard InChI is InChI=1S/C15H22N4S/c1-5-6-17-13-7-14(9-16-8-13)19-11(3)15-10(2)18-12(4)20-15/h7-9,11,17,19H,5-6H2,1-4H3. The molecule has 20 heavy (non-hydrogen) atoms. The Hall–Kier alpha value is -1.62. The molecule has 5 heteroatoms. The van der Waals surface area contributed by atoms with Crippen LogP contribution >= 0.6 is 11.3 Å². The average Bonchev–Trinajstić information content (AvgIpc) is 2.76. The fourth-order valence-electron chi connectivity index (χ4n) is 2.15. The number of thiazole rings is 1. The average molecular weight is 290 g/mol. The number of nitrogens with zero attached hydrogens (tertiary/aromatic N) is 2. The SMILES string of the molecule is CCCNc1cncc(NC(C)c2sc(C)nc2C)c1. The Morgan fingerprint density at radius 3 is 2.65 bits per heavy atom. The number of pyridine rings is 1. The third-order valence-corrected chi connectivity index (χ3v) is 4.29. The Morgan fingerprint density at radius 2 is 2.00 bits per heavy atom. The minimum atomic E-state index is 0.240. The molecule has 108 valence electrons. The van der Waals surface area contributed by atoms with Gasteiger partial charge in [0.25, 0.3) is 0 Å². The van der Waals surface area contributed by atoms with Gasteiger partial charge in [0.2, 0.25) is 0 Å². The summed E-state index contributed by atoms with van der Waals surface area (Å²) < 4.78 is 0. The van der Waals surface area contributed by atoms with E-state index in [0.717, 1.165) is 35.0 Å². The number of aryl methyl sites for hydroxylation is 2. The van der Waals surface area contributed by atoms with Gasteiger partial charge < -0.3 is 10.6 Å². The van der Waals surface area contributed by atoms with Crippen LogP contribution in [-0.2, 0) is 0 Å². The zero-order chi connectivity index (χ0) is 14.5. The van der Waals surface area contributed by atoms with Gasteiger partial charge in [0, 0.05) is 11.4 Å². The molecule has 0 aliphatic carbocycles. The van der Waals surface area contributed by atoms with Crippen molar-refractivity contribution in [3.8, 4) is 0 Å². The lowest BCUT2D eigenvalue weighted by molar-refractivity contribution is 0.887. The Bertz CT molecular complexity index is 565. The van der Waals surface area contributed by atoms with Crippen LogP contribution < -0.4 is 10.6 Å². The highest BCUT2D eigenvalue weighted by Gasteiger charge is 2.13. The Balaban J connectivity index is 2.07. The fourth-order valence-corrected chi connectivity index (χ4v) is 3.08. The molecule has 0 fully saturated rings. The van der Waals surface area contributed by atoms with Gasteiger partial charge in [-0.15, -0.1) is 11.3 Å². The molecule has 4 nitrogen and oxygen atoms in total. The summed E-state index contributed by atoms with van der Waals surface area (Å²) in [5.74, 6) is 0. The maximum Gasteiger partial charge on any atom is 0.0900 e. The first-order chi connectivity index (χ1) is 9.60. The van der Waals surface area contributed by atoms with Crippen LogP contribution in [0.5, 0.6) is 0 Å². The molecule has 2 aromatic rings. The van der Waals surface area contributed by atoms with E-state index in [-0.39, 0.29) is 6.04 Å². The Morgan fingerprint density at radius 1 is 1.25 bits per heavy atom. The van der Waals surface area contributed by atoms with Crippen LogP contribution in [0, 0.1) is 13.8 Å². The first kappa shape index (κ1) is 14.8. The van der Waals surface area contributed by atoms with Crippen molar-refractivity contribution in [1.29, 1.82) is 0 Å². The second-order valence-electron chi connectivity index (χ2n) is 4.94. The summed E-state index contributed by atoms with van der Waals surface area (Å²) in [5.41, 5.74) is 3.20. The van der Waals surface area contributed by atoms with Crippen molar-refractivity contribution in [2.24, 2.45) is 0 Å². The van der Waals surface area contributed by atoms with Gasteiger partial charge in [-0.2, -0.15) is 0 Å². The monoisotopic (exact) mass is 290 g/mol. The number of hydrogen-bond donors (Lipinski definition) is 2. The van der Waals surface area contributed by atoms with Gasteiger partial charge in [0.15, 0.2) is 0 Å². The molecule has 2 rings (SSSR count). The summed E-state index contributed by atoms with van der Waals surface area (Å²) in [4.78, 5) is 10.0. The Kier molecular flexibility index (Phi) is 4.95. The third kappa shape index (κ3) is 3.70. The molecule has 0 saturated heterocycles. The van der Waals surface area contributed by atoms with Gasteiger partial charge in [0.1, 0.15) is 0 Å². The van der Waals surface area contributed by atoms with Crippen LogP contribution in [0.3, 0.4) is 0 Å². The van der Waals surface area contributed by atoms with Crippen LogP contribution in [0.2, 0.25) is 0 Å². The number of nitrogens with one attached hydrogen (secondary N) is 2. The lowest BCUT2D eigenvalue weighted by Gasteiger charge is -2.15. The molecule has 1 atom stereocenters. The lowest BCUT2D eigenvalue weighted by Crippen LogP contribution is -2.07. The zero-order valence-corrected chi connectivity index (χ0v) is 13.3. The van der Waals surface area contributed by atoms with E-state index in [1.807, 2.05) is 19.3 Å². The number of hydrogen-bond acceptors (Lipinski definition) is 5. The fraction of sp³-hybridized carbons (Fsp3) is 0.467. The van der Waals surface area contributed by atoms with Gasteiger partial charge in [-0.05, 0) is 33.3 Å². The summed E-state index contributed by atoms with van der Waals surface area (Å²) in [6, 6.07) is 2.34. The summed E-state index contributed by atoms with van der Waals surface area (Å²) in [5, 5.41) is 7.96. The second-order valence-corrected chi connectivity index (χ2v) is 6.17. The summed E-state index contributed by atoms with van der Waals surface area (Å²) >= 11 is 1.75. The van der Waals surface area contributed by atoms with Gasteiger partial charge in [-0.1, -0.05) is 6.92 Å². The molecule has 0 bridgehead atoms. The molecule has 0 radical (unpaired) electrons. The molecule has 0 aliphatic heterocycles. The predicted molar refractivity (Wildman–Crippen MR) is 86.6 cm³/mol. The minimum absolute atomic E-state index is 0.240. The molecule has 0 saturated carbocycles. The van der Waals surface area contributed by atoms with Crippen molar-refractivity contribution < 1.29 is 0 Å². The molecule has 2 heterocycles. The highest BCUT2D eigenvalue weighted by Crippen LogP contribution is 2.27. The molecule has 0 aliphatic rings. The maximum absolute atomic E-state index is 4.48. The van der Waals surface area contributed by atoms with E-state index in [4.69, 9.17) is 0 Å². The summed E-state index contributed by atoms with van der Waals surface area (Å²) in [6.07, 6.45) is 4.82. The Labute approximate surface area is 124 Å². The molecule has 2 aromatic heterocycles. The molecule has 1 unspecified atom stereocenters. The largest absolute Gasteiger partial charge is 0.384 e. The van der Waals surface area contributed by atoms with Crippen molar-refractivity contribution in [3.63, 3.8) is 0 Å². The van der Waals surface area contributed by atoms with Crippen molar-refractivity contribution >= 4 is 22.7 Å². The van der Waals surface area contributed by atoms with Crippen LogP contribution in [0.4, 0.5) is 11.4 Å². The van der Waals surface area contributed by atoms with E-state index in [1.165, 1.54) is 4.88 Å². The van der Waals surface area contributed by atoms with Gasteiger partial charge in [-0.25, -0.2) is 4.98 Å². The number of anilines is 2. The first-order valence-corrected chi connectivity index (χ1v) is 7.81. The molecule has 2 N–H and O–H groups in total. The topological polar surface area (TPSA) is 49.8 Å². The minimum Gasteiger partial charge on any atom is -0.384 e. The predicted octanol–water partition coefficient (Wildman–Crippen LogP) is 4.15. The maximum atomic E-state index is 4.48. The first-order valence-electron chi connectivity index (χ1n) is 6.99. The van der Waals surface area contributed by atoms with Crippen molar-refractivity contribution in [1.82, 2.24) is 9.97 Å². The van der Waals surface area contributed by atoms with Gasteiger partial charge in [-0.3, -0.25) is 4.98 Å². The summed E-state index contributed by atoms with van der Waals surface area (Å²) in [6.45, 7) is 9.39. The van der Waals surface area contributed by atoms with E-state index in [2.05, 4.69) is 47.4 Å². The van der Waals surface area contributed by atoms with Gasteiger partial charge >= 0.3 is 0 Å². The van der Waals surface area contributed by atoms with Crippen LogP contribution in [0.1, 0.15) is 41.9 Å². The van der Waals surface area contributed by atoms with Crippen LogP contribution in [0.25, 0.3) is 0 Å². The molecule has 0 aromatic carbocycles. The highest BCUT2D eigenvalue weighted by atomic mass is 32.1. The van der Waals surface area contributed by atoms with Crippen molar-refractivity contribution in [2.75, 3.05) is 17.2 Å². The van der Waals surface area contributed by atoms with E-state index in [9.17, 15) is 0 Å². The van der Waals surface area contributed by atoms with Crippen LogP contribution in [0.15, 0.2) is 18.5 Å². The number of aromatic nitrogens is 2. The highest BCUT2D eigenvalue weighted by molar-refractivity contribution is 7.11. The third-order valence-electron chi connectivity index (χ3n) is 3.03. The van der Waals surface area contributed by atoms with Crippen molar-refractivity contribution in [3.05, 3.63) is 34.0 Å². The van der Waals surface area contributed by atoms with Crippen molar-refractivity contribution in [2.45, 2.75) is 40.2 Å². The van der Waals surface area contributed by atoms with E-state index in [0.29, 0.717) is 0 Å². The van der Waals surface area contributed by atoms with E-state index < -0.39 is 0 Å². The van der Waals surface area contributed by atoms with Crippen LogP contribution in [-0.4, -0.2) is 16.5 Å². The molecule has 0 amide bonds. The lowest BCUT2D eigenvalue weighted by atomic mass is 10.2. The smallest absolute Gasteiger partial charge is 0.0900 e. The van der Waals surface area contributed by atoms with Gasteiger partial charge in [0.05, 0.1) is 40.5 Å². The normalized spacial score (nSPS) is 12.2. The zero-order valence-electron chi connectivity index (χ0n) is 12.5.